The minimum atomic E-state index is 0.224. The smallest absolute Gasteiger partial charge is 0.141 e. The van der Waals surface area contributed by atoms with Crippen molar-refractivity contribution in [3.05, 3.63) is 52.3 Å². The van der Waals surface area contributed by atoms with Gasteiger partial charge in [0, 0.05) is 38.1 Å². The van der Waals surface area contributed by atoms with Crippen LogP contribution in [0.1, 0.15) is 24.0 Å². The Morgan fingerprint density at radius 3 is 3.12 bits per heavy atom. The van der Waals surface area contributed by atoms with Crippen molar-refractivity contribution in [2.45, 2.75) is 32.4 Å². The third-order valence-corrected chi connectivity index (χ3v) is 5.55. The molecule has 1 fully saturated rings. The topological polar surface area (TPSA) is 70.0 Å². The largest absolute Gasteiger partial charge is 0.379 e. The molecule has 1 aromatic carbocycles. The lowest BCUT2D eigenvalue weighted by molar-refractivity contribution is 0.506. The lowest BCUT2D eigenvalue weighted by Crippen LogP contribution is -2.43. The minimum Gasteiger partial charge on any atom is -0.379 e. The summed E-state index contributed by atoms with van der Waals surface area (Å²) in [5.74, 6) is 0. The number of aromatic nitrogens is 2. The first-order valence-electron chi connectivity index (χ1n) is 9.07. The van der Waals surface area contributed by atoms with Gasteiger partial charge >= 0.3 is 0 Å². The molecular weight excluding hydrogens is 390 g/mol. The summed E-state index contributed by atoms with van der Waals surface area (Å²) in [6, 6.07) is 8.80. The number of anilines is 2. The normalized spacial score (nSPS) is 17.7. The third-order valence-electron chi connectivity index (χ3n) is 4.97. The van der Waals surface area contributed by atoms with Gasteiger partial charge in [-0.05, 0) is 41.3 Å². The Bertz CT molecular complexity index is 920. The van der Waals surface area contributed by atoms with E-state index in [-0.39, 0.29) is 6.04 Å². The summed E-state index contributed by atoms with van der Waals surface area (Å²) in [6.45, 7) is 4.79. The fourth-order valence-corrected chi connectivity index (χ4v) is 4.29. The maximum Gasteiger partial charge on any atom is 0.141 e. The highest BCUT2D eigenvalue weighted by atomic mass is 79.9. The van der Waals surface area contributed by atoms with Crippen LogP contribution in [0.4, 0.5) is 11.4 Å². The number of pyridine rings is 1. The molecule has 6 heteroatoms. The Morgan fingerprint density at radius 1 is 1.42 bits per heavy atom. The van der Waals surface area contributed by atoms with Gasteiger partial charge in [-0.2, -0.15) is 0 Å². The van der Waals surface area contributed by atoms with Crippen LogP contribution < -0.4 is 16.0 Å². The Morgan fingerprint density at radius 2 is 2.31 bits per heavy atom. The molecule has 1 aliphatic heterocycles. The first-order chi connectivity index (χ1) is 12.6. The molecule has 2 aromatic heterocycles. The van der Waals surface area contributed by atoms with Crippen LogP contribution in [0.25, 0.3) is 11.0 Å². The van der Waals surface area contributed by atoms with Crippen molar-refractivity contribution in [1.29, 1.82) is 0 Å². The van der Waals surface area contributed by atoms with Crippen molar-refractivity contribution in [1.82, 2.24) is 9.97 Å². The van der Waals surface area contributed by atoms with Gasteiger partial charge in [0.25, 0.3) is 0 Å². The van der Waals surface area contributed by atoms with E-state index in [0.29, 0.717) is 0 Å². The third kappa shape index (κ3) is 3.44. The molecule has 1 saturated heterocycles. The molecule has 4 N–H and O–H groups in total. The van der Waals surface area contributed by atoms with Crippen LogP contribution in [-0.2, 0) is 6.54 Å². The average molecular weight is 414 g/mol. The number of aromatic amines is 1. The fraction of sp³-hybridized carbons (Fsp3) is 0.350. The second-order valence-electron chi connectivity index (χ2n) is 7.07. The molecule has 0 radical (unpaired) electrons. The predicted molar refractivity (Wildman–Crippen MR) is 112 cm³/mol. The van der Waals surface area contributed by atoms with E-state index in [1.54, 1.807) is 0 Å². The van der Waals surface area contributed by atoms with Gasteiger partial charge in [0.15, 0.2) is 0 Å². The van der Waals surface area contributed by atoms with Gasteiger partial charge in [0.1, 0.15) is 5.65 Å². The number of aryl methyl sites for hydroxylation is 1. The van der Waals surface area contributed by atoms with Crippen molar-refractivity contribution in [2.24, 2.45) is 5.73 Å². The quantitative estimate of drug-likeness (QED) is 0.599. The molecule has 136 valence electrons. The van der Waals surface area contributed by atoms with E-state index in [1.807, 2.05) is 12.4 Å². The number of nitrogens with two attached hydrogens (primary N) is 1. The van der Waals surface area contributed by atoms with Crippen LogP contribution in [0.2, 0.25) is 0 Å². The second-order valence-corrected chi connectivity index (χ2v) is 7.93. The lowest BCUT2D eigenvalue weighted by atomic mass is 10.1. The first-order valence-corrected chi connectivity index (χ1v) is 9.86. The zero-order chi connectivity index (χ0) is 18.1. The molecule has 4 rings (SSSR count). The maximum atomic E-state index is 6.22. The first kappa shape index (κ1) is 17.4. The van der Waals surface area contributed by atoms with Crippen molar-refractivity contribution in [3.63, 3.8) is 0 Å². The number of hydrogen-bond donors (Lipinski definition) is 3. The van der Waals surface area contributed by atoms with Gasteiger partial charge in [0.2, 0.25) is 0 Å². The number of hydrogen-bond acceptors (Lipinski definition) is 4. The Hall–Kier alpha value is -2.05. The van der Waals surface area contributed by atoms with Crippen molar-refractivity contribution in [3.8, 4) is 0 Å². The van der Waals surface area contributed by atoms with Gasteiger partial charge in [-0.3, -0.25) is 0 Å². The van der Waals surface area contributed by atoms with Gasteiger partial charge in [-0.15, -0.1) is 0 Å². The van der Waals surface area contributed by atoms with Gasteiger partial charge in [-0.1, -0.05) is 29.8 Å². The molecule has 0 aliphatic carbocycles. The Balaban J connectivity index is 1.68. The molecule has 5 nitrogen and oxygen atoms in total. The van der Waals surface area contributed by atoms with Crippen LogP contribution in [-0.4, -0.2) is 29.1 Å². The molecule has 0 unspecified atom stereocenters. The molecule has 26 heavy (non-hydrogen) atoms. The van der Waals surface area contributed by atoms with Crippen molar-refractivity contribution >= 4 is 38.3 Å². The number of rotatable bonds is 4. The minimum absolute atomic E-state index is 0.224. The predicted octanol–water partition coefficient (Wildman–Crippen LogP) is 4.17. The summed E-state index contributed by atoms with van der Waals surface area (Å²) in [5.41, 5.74) is 11.9. The number of nitrogens with zero attached hydrogens (tertiary/aromatic N) is 2. The Kier molecular flexibility index (Phi) is 4.87. The highest BCUT2D eigenvalue weighted by Gasteiger charge is 2.23. The monoisotopic (exact) mass is 413 g/mol. The van der Waals surface area contributed by atoms with Gasteiger partial charge < -0.3 is 20.9 Å². The maximum absolute atomic E-state index is 6.22. The average Bonchev–Trinajstić information content (AvgIpc) is 3.03. The molecular formula is C20H24BrN5. The standard InChI is InChI=1S/C20H24BrN5/c1-13-4-2-5-14(8-13)9-23-17-11-25-20-18(17)19(16(21)10-24-20)26-7-3-6-15(22)12-26/h2,4-5,8,10-11,15,23H,3,6-7,9,12,22H2,1H3,(H,24,25)/t15-/m1/s1. The van der Waals surface area contributed by atoms with E-state index < -0.39 is 0 Å². The molecule has 3 aromatic rings. The van der Waals surface area contributed by atoms with E-state index in [9.17, 15) is 0 Å². The number of fused-ring (bicyclic) bond motifs is 1. The molecule has 0 spiro atoms. The number of halogens is 1. The molecule has 0 amide bonds. The van der Waals surface area contributed by atoms with E-state index in [0.717, 1.165) is 53.7 Å². The van der Waals surface area contributed by atoms with Gasteiger partial charge in [0.05, 0.1) is 21.2 Å². The highest BCUT2D eigenvalue weighted by molar-refractivity contribution is 9.10. The molecule has 1 aliphatic rings. The summed E-state index contributed by atoms with van der Waals surface area (Å²) in [7, 11) is 0. The number of piperidine rings is 1. The SMILES string of the molecule is Cc1cccc(CNc2c[nH]c3ncc(Br)c(N4CCC[C@@H](N)C4)c23)c1. The van der Waals surface area contributed by atoms with E-state index >= 15 is 0 Å². The highest BCUT2D eigenvalue weighted by Crippen LogP contribution is 2.38. The van der Waals surface area contributed by atoms with Crippen molar-refractivity contribution < 1.29 is 0 Å². The van der Waals surface area contributed by atoms with Crippen LogP contribution in [0, 0.1) is 6.92 Å². The molecule has 3 heterocycles. The summed E-state index contributed by atoms with van der Waals surface area (Å²) in [5, 5.41) is 4.71. The van der Waals surface area contributed by atoms with E-state index in [1.165, 1.54) is 16.8 Å². The fourth-order valence-electron chi connectivity index (χ4n) is 3.74. The van der Waals surface area contributed by atoms with Crippen LogP contribution in [0.3, 0.4) is 0 Å². The lowest BCUT2D eigenvalue weighted by Gasteiger charge is -2.33. The molecule has 0 saturated carbocycles. The number of H-pyrrole nitrogens is 1. The van der Waals surface area contributed by atoms with Crippen LogP contribution >= 0.6 is 15.9 Å². The zero-order valence-corrected chi connectivity index (χ0v) is 16.5. The van der Waals surface area contributed by atoms with Crippen molar-refractivity contribution in [2.75, 3.05) is 23.3 Å². The summed E-state index contributed by atoms with van der Waals surface area (Å²) >= 11 is 3.71. The van der Waals surface area contributed by atoms with E-state index in [4.69, 9.17) is 5.73 Å². The summed E-state index contributed by atoms with van der Waals surface area (Å²) in [4.78, 5) is 10.2. The molecule has 0 bridgehead atoms. The second kappa shape index (κ2) is 7.29. The summed E-state index contributed by atoms with van der Waals surface area (Å²) in [6.07, 6.45) is 6.09. The molecule has 1 atom stereocenters. The Labute approximate surface area is 162 Å². The van der Waals surface area contributed by atoms with Crippen LogP contribution in [0.15, 0.2) is 41.1 Å². The van der Waals surface area contributed by atoms with Crippen LogP contribution in [0.5, 0.6) is 0 Å². The van der Waals surface area contributed by atoms with E-state index in [2.05, 4.69) is 67.3 Å². The zero-order valence-electron chi connectivity index (χ0n) is 14.9. The number of benzene rings is 1. The summed E-state index contributed by atoms with van der Waals surface area (Å²) < 4.78 is 1.01. The van der Waals surface area contributed by atoms with Gasteiger partial charge in [-0.25, -0.2) is 4.98 Å². The number of nitrogens with one attached hydrogen (secondary N) is 2.